The van der Waals surface area contributed by atoms with Crippen LogP contribution in [0.3, 0.4) is 0 Å². The minimum Gasteiger partial charge on any atom is -0.481 e. The van der Waals surface area contributed by atoms with Crippen molar-refractivity contribution in [2.75, 3.05) is 20.2 Å². The number of aliphatic carboxylic acids is 1. The summed E-state index contributed by atoms with van der Waals surface area (Å²) < 4.78 is 18.4. The molecule has 1 heterocycles. The van der Waals surface area contributed by atoms with E-state index >= 15 is 0 Å². The van der Waals surface area contributed by atoms with E-state index in [0.717, 1.165) is 5.56 Å². The Balaban J connectivity index is 1.96. The number of halogens is 1. The number of urea groups is 1. The molecule has 1 aromatic rings. The highest BCUT2D eigenvalue weighted by Crippen LogP contribution is 2.22. The maximum atomic E-state index is 13.0. The van der Waals surface area contributed by atoms with E-state index in [1.54, 1.807) is 19.1 Å². The molecule has 1 aromatic carbocycles. The van der Waals surface area contributed by atoms with Crippen LogP contribution in [0.15, 0.2) is 24.3 Å². The predicted molar refractivity (Wildman–Crippen MR) is 81.5 cm³/mol. The van der Waals surface area contributed by atoms with Gasteiger partial charge in [-0.15, -0.1) is 0 Å². The number of carboxylic acids is 1. The van der Waals surface area contributed by atoms with Crippen molar-refractivity contribution in [1.29, 1.82) is 0 Å². The molecule has 7 heteroatoms. The number of rotatable bonds is 5. The van der Waals surface area contributed by atoms with Crippen molar-refractivity contribution in [2.45, 2.75) is 25.5 Å². The average molecular weight is 324 g/mol. The first kappa shape index (κ1) is 17.2. The van der Waals surface area contributed by atoms with Crippen LogP contribution < -0.4 is 5.32 Å². The molecule has 0 aliphatic carbocycles. The molecule has 2 rings (SSSR count). The van der Waals surface area contributed by atoms with E-state index in [1.807, 2.05) is 0 Å². The summed E-state index contributed by atoms with van der Waals surface area (Å²) in [7, 11) is 1.52. The molecule has 126 valence electrons. The minimum atomic E-state index is -0.880. The van der Waals surface area contributed by atoms with Gasteiger partial charge in [0.15, 0.2) is 0 Å². The molecule has 2 N–H and O–H groups in total. The average Bonchev–Trinajstić information content (AvgIpc) is 3.00. The van der Waals surface area contributed by atoms with E-state index in [-0.39, 0.29) is 24.4 Å². The summed E-state index contributed by atoms with van der Waals surface area (Å²) in [4.78, 5) is 24.7. The highest BCUT2D eigenvalue weighted by atomic mass is 19.1. The third-order valence-corrected chi connectivity index (χ3v) is 4.08. The lowest BCUT2D eigenvalue weighted by atomic mass is 10.0. The van der Waals surface area contributed by atoms with Gasteiger partial charge in [-0.3, -0.25) is 4.79 Å². The molecule has 2 amide bonds. The normalized spacial score (nSPS) is 20.1. The number of carboxylic acid groups (broad SMARTS) is 1. The van der Waals surface area contributed by atoms with Gasteiger partial charge in [0.2, 0.25) is 0 Å². The lowest BCUT2D eigenvalue weighted by molar-refractivity contribution is -0.141. The molecule has 0 saturated carbocycles. The first-order chi connectivity index (χ1) is 10.9. The van der Waals surface area contributed by atoms with E-state index in [2.05, 4.69) is 5.32 Å². The second kappa shape index (κ2) is 7.41. The molecule has 1 fully saturated rings. The number of carbonyl (C=O) groups excluding carboxylic acids is 1. The monoisotopic (exact) mass is 324 g/mol. The molecule has 1 saturated heterocycles. The van der Waals surface area contributed by atoms with Crippen LogP contribution in [0.1, 0.15) is 25.0 Å². The first-order valence-corrected chi connectivity index (χ1v) is 7.49. The molecule has 23 heavy (non-hydrogen) atoms. The van der Waals surface area contributed by atoms with Gasteiger partial charge in [-0.2, -0.15) is 0 Å². The fourth-order valence-electron chi connectivity index (χ4n) is 2.79. The van der Waals surface area contributed by atoms with Crippen molar-refractivity contribution >= 4 is 12.0 Å². The lowest BCUT2D eigenvalue weighted by Gasteiger charge is -2.26. The van der Waals surface area contributed by atoms with Crippen LogP contribution in [0.2, 0.25) is 0 Å². The molecule has 0 bridgehead atoms. The second-order valence-electron chi connectivity index (χ2n) is 5.72. The number of nitrogens with one attached hydrogen (secondary N) is 1. The van der Waals surface area contributed by atoms with Crippen LogP contribution in [0.25, 0.3) is 0 Å². The quantitative estimate of drug-likeness (QED) is 0.868. The van der Waals surface area contributed by atoms with E-state index in [1.165, 1.54) is 24.1 Å². The van der Waals surface area contributed by atoms with E-state index < -0.39 is 18.0 Å². The van der Waals surface area contributed by atoms with Crippen molar-refractivity contribution in [3.05, 3.63) is 35.6 Å². The Morgan fingerprint density at radius 1 is 1.39 bits per heavy atom. The van der Waals surface area contributed by atoms with Gasteiger partial charge >= 0.3 is 12.0 Å². The van der Waals surface area contributed by atoms with Gasteiger partial charge in [-0.1, -0.05) is 12.1 Å². The van der Waals surface area contributed by atoms with Crippen molar-refractivity contribution in [3.63, 3.8) is 0 Å². The molecule has 1 aliphatic heterocycles. The topological polar surface area (TPSA) is 78.9 Å². The van der Waals surface area contributed by atoms with Gasteiger partial charge in [0, 0.05) is 20.2 Å². The number of nitrogens with zero attached hydrogens (tertiary/aromatic N) is 1. The standard InChI is InChI=1S/C16H21FN2O4/c1-10(14(23-2)11-3-5-13(17)6-4-11)18-16(22)19-8-7-12(9-19)15(20)21/h3-6,10,12,14H,7-9H2,1-2H3,(H,18,22)(H,20,21). The summed E-state index contributed by atoms with van der Waals surface area (Å²) in [5, 5.41) is 11.8. The maximum absolute atomic E-state index is 13.0. The van der Waals surface area contributed by atoms with Gasteiger partial charge in [0.25, 0.3) is 0 Å². The van der Waals surface area contributed by atoms with Crippen molar-refractivity contribution in [1.82, 2.24) is 10.2 Å². The Labute approximate surface area is 134 Å². The zero-order valence-corrected chi connectivity index (χ0v) is 13.2. The Hall–Kier alpha value is -2.15. The largest absolute Gasteiger partial charge is 0.481 e. The molecule has 0 radical (unpaired) electrons. The van der Waals surface area contributed by atoms with Gasteiger partial charge < -0.3 is 20.1 Å². The number of ether oxygens (including phenoxy) is 1. The molecule has 1 aliphatic rings. The van der Waals surface area contributed by atoms with Gasteiger partial charge in [0.1, 0.15) is 11.9 Å². The number of likely N-dealkylation sites (tertiary alicyclic amines) is 1. The highest BCUT2D eigenvalue weighted by Gasteiger charge is 2.32. The number of hydrogen-bond donors (Lipinski definition) is 2. The van der Waals surface area contributed by atoms with Crippen LogP contribution in [-0.2, 0) is 9.53 Å². The third-order valence-electron chi connectivity index (χ3n) is 4.08. The van der Waals surface area contributed by atoms with Crippen molar-refractivity contribution in [3.8, 4) is 0 Å². The van der Waals surface area contributed by atoms with Crippen LogP contribution in [0.4, 0.5) is 9.18 Å². The molecular formula is C16H21FN2O4. The fourth-order valence-corrected chi connectivity index (χ4v) is 2.79. The number of amides is 2. The maximum Gasteiger partial charge on any atom is 0.317 e. The number of benzene rings is 1. The summed E-state index contributed by atoms with van der Waals surface area (Å²) in [6.45, 7) is 2.42. The minimum absolute atomic E-state index is 0.210. The molecule has 3 unspecified atom stereocenters. The molecule has 0 spiro atoms. The highest BCUT2D eigenvalue weighted by molar-refractivity contribution is 5.77. The second-order valence-corrected chi connectivity index (χ2v) is 5.72. The zero-order valence-electron chi connectivity index (χ0n) is 13.2. The molecule has 6 nitrogen and oxygen atoms in total. The van der Waals surface area contributed by atoms with E-state index in [0.29, 0.717) is 13.0 Å². The number of carbonyl (C=O) groups is 2. The van der Waals surface area contributed by atoms with Crippen molar-refractivity contribution < 1.29 is 23.8 Å². The fraction of sp³-hybridized carbons (Fsp3) is 0.500. The first-order valence-electron chi connectivity index (χ1n) is 7.49. The predicted octanol–water partition coefficient (Wildman–Crippen LogP) is 2.02. The SMILES string of the molecule is COC(c1ccc(F)cc1)C(C)NC(=O)N1CCC(C(=O)O)C1. The van der Waals surface area contributed by atoms with Gasteiger partial charge in [-0.25, -0.2) is 9.18 Å². The molecule has 0 aromatic heterocycles. The lowest BCUT2D eigenvalue weighted by Crippen LogP contribution is -2.45. The summed E-state index contributed by atoms with van der Waals surface area (Å²) in [6, 6.07) is 5.25. The van der Waals surface area contributed by atoms with Crippen LogP contribution in [0, 0.1) is 11.7 Å². The Morgan fingerprint density at radius 2 is 2.04 bits per heavy atom. The number of hydrogen-bond acceptors (Lipinski definition) is 3. The summed E-state index contributed by atoms with van der Waals surface area (Å²) >= 11 is 0. The Bertz CT molecular complexity index is 564. The van der Waals surface area contributed by atoms with Crippen molar-refractivity contribution in [2.24, 2.45) is 5.92 Å². The summed E-state index contributed by atoms with van der Waals surface area (Å²) in [5.41, 5.74) is 0.756. The van der Waals surface area contributed by atoms with Gasteiger partial charge in [-0.05, 0) is 31.0 Å². The van der Waals surface area contributed by atoms with Crippen LogP contribution in [0.5, 0.6) is 0 Å². The summed E-state index contributed by atoms with van der Waals surface area (Å²) in [5.74, 6) is -1.72. The van der Waals surface area contributed by atoms with Crippen LogP contribution >= 0.6 is 0 Å². The van der Waals surface area contributed by atoms with E-state index in [4.69, 9.17) is 9.84 Å². The van der Waals surface area contributed by atoms with Crippen LogP contribution in [-0.4, -0.2) is 48.2 Å². The van der Waals surface area contributed by atoms with E-state index in [9.17, 15) is 14.0 Å². The Kier molecular flexibility index (Phi) is 5.54. The number of methoxy groups -OCH3 is 1. The smallest absolute Gasteiger partial charge is 0.317 e. The molecular weight excluding hydrogens is 303 g/mol. The third kappa shape index (κ3) is 4.19. The molecule has 3 atom stereocenters. The van der Waals surface area contributed by atoms with Gasteiger partial charge in [0.05, 0.1) is 12.0 Å². The Morgan fingerprint density at radius 3 is 2.57 bits per heavy atom. The zero-order chi connectivity index (χ0) is 17.0. The summed E-state index contributed by atoms with van der Waals surface area (Å²) in [6.07, 6.45) is 0.0421.